The van der Waals surface area contributed by atoms with Gasteiger partial charge in [0.2, 0.25) is 0 Å². The van der Waals surface area contributed by atoms with E-state index in [1.54, 1.807) is 0 Å². The second-order valence-corrected chi connectivity index (χ2v) is 4.98. The molecule has 0 saturated carbocycles. The predicted octanol–water partition coefficient (Wildman–Crippen LogP) is 0.880. The number of aliphatic hydroxyl groups excluding tert-OH is 1. The van der Waals surface area contributed by atoms with Gasteiger partial charge in [-0.25, -0.2) is 4.98 Å². The molecule has 1 aliphatic heterocycles. The predicted molar refractivity (Wildman–Crippen MR) is 72.9 cm³/mol. The van der Waals surface area contributed by atoms with E-state index < -0.39 is 0 Å². The molecule has 0 amide bonds. The third kappa shape index (κ3) is 2.39. The molecule has 0 bridgehead atoms. The summed E-state index contributed by atoms with van der Waals surface area (Å²) in [6.45, 7) is 1.57. The molecular weight excluding hydrogens is 242 g/mol. The number of H-pyrrole nitrogens is 1. The van der Waals surface area contributed by atoms with E-state index in [4.69, 9.17) is 0 Å². The lowest BCUT2D eigenvalue weighted by Crippen LogP contribution is -2.34. The Hall–Kier alpha value is -1.72. The van der Waals surface area contributed by atoms with Crippen molar-refractivity contribution in [2.24, 2.45) is 0 Å². The molecule has 2 N–H and O–H groups in total. The van der Waals surface area contributed by atoms with Gasteiger partial charge in [0.25, 0.3) is 5.56 Å². The topological polar surface area (TPSA) is 69.2 Å². The maximum atomic E-state index is 12.0. The Bertz CT molecular complexity index is 638. The second-order valence-electron chi connectivity index (χ2n) is 4.98. The summed E-state index contributed by atoms with van der Waals surface area (Å²) in [5.41, 5.74) is 1.95. The quantitative estimate of drug-likeness (QED) is 0.858. The number of likely N-dealkylation sites (tertiary alicyclic amines) is 1. The van der Waals surface area contributed by atoms with Crippen molar-refractivity contribution in [3.05, 3.63) is 40.3 Å². The number of aromatic amines is 1. The molecule has 1 aromatic carbocycles. The van der Waals surface area contributed by atoms with Gasteiger partial charge in [0.15, 0.2) is 0 Å². The molecule has 2 aromatic rings. The van der Waals surface area contributed by atoms with Crippen LogP contribution in [0.4, 0.5) is 0 Å². The summed E-state index contributed by atoms with van der Waals surface area (Å²) in [6, 6.07) is 7.68. The number of nitrogens with zero attached hydrogens (tertiary/aromatic N) is 2. The molecule has 19 heavy (non-hydrogen) atoms. The van der Waals surface area contributed by atoms with E-state index >= 15 is 0 Å². The molecule has 1 aromatic heterocycles. The number of hydrogen-bond acceptors (Lipinski definition) is 4. The molecule has 100 valence electrons. The first-order chi connectivity index (χ1) is 9.28. The molecule has 0 aliphatic carbocycles. The Kier molecular flexibility index (Phi) is 3.31. The first-order valence-corrected chi connectivity index (χ1v) is 6.61. The van der Waals surface area contributed by atoms with Crippen LogP contribution >= 0.6 is 0 Å². The van der Waals surface area contributed by atoms with Crippen LogP contribution in [0.3, 0.4) is 0 Å². The van der Waals surface area contributed by atoms with Crippen LogP contribution in [0.5, 0.6) is 0 Å². The minimum atomic E-state index is -0.137. The normalized spacial score (nSPS) is 20.2. The Morgan fingerprint density at radius 2 is 2.26 bits per heavy atom. The lowest BCUT2D eigenvalue weighted by Gasteiger charge is -2.21. The van der Waals surface area contributed by atoms with Crippen molar-refractivity contribution in [2.45, 2.75) is 25.4 Å². The van der Waals surface area contributed by atoms with Gasteiger partial charge in [-0.2, -0.15) is 0 Å². The lowest BCUT2D eigenvalue weighted by molar-refractivity contribution is 0.152. The summed E-state index contributed by atoms with van der Waals surface area (Å²) in [6.07, 6.45) is 2.05. The highest BCUT2D eigenvalue weighted by molar-refractivity contribution is 5.73. The van der Waals surface area contributed by atoms with Gasteiger partial charge in [-0.1, -0.05) is 12.1 Å². The number of hydrogen-bond donors (Lipinski definition) is 2. The Balaban J connectivity index is 1.92. The van der Waals surface area contributed by atoms with Gasteiger partial charge in [-0.15, -0.1) is 0 Å². The summed E-state index contributed by atoms with van der Waals surface area (Å²) in [5.74, 6) is 0. The molecule has 1 saturated heterocycles. The van der Waals surface area contributed by atoms with Crippen LogP contribution in [0.25, 0.3) is 11.0 Å². The minimum absolute atomic E-state index is 0.137. The van der Waals surface area contributed by atoms with Gasteiger partial charge in [0.05, 0.1) is 17.6 Å². The number of fused-ring (bicyclic) bond motifs is 1. The SMILES string of the molecule is O=c1[nH]c2ccccc2nc1CN1CCCC1CO. The summed E-state index contributed by atoms with van der Waals surface area (Å²) < 4.78 is 0. The molecule has 1 aliphatic rings. The van der Waals surface area contributed by atoms with Crippen molar-refractivity contribution < 1.29 is 5.11 Å². The van der Waals surface area contributed by atoms with Crippen molar-refractivity contribution in [3.8, 4) is 0 Å². The summed E-state index contributed by atoms with van der Waals surface area (Å²) in [4.78, 5) is 21.4. The maximum Gasteiger partial charge on any atom is 0.271 e. The van der Waals surface area contributed by atoms with Gasteiger partial charge in [-0.05, 0) is 31.5 Å². The number of rotatable bonds is 3. The van der Waals surface area contributed by atoms with Crippen LogP contribution in [0.1, 0.15) is 18.5 Å². The average Bonchev–Trinajstić information content (AvgIpc) is 2.87. The van der Waals surface area contributed by atoms with Crippen molar-refractivity contribution in [1.82, 2.24) is 14.9 Å². The molecule has 5 nitrogen and oxygen atoms in total. The zero-order chi connectivity index (χ0) is 13.2. The maximum absolute atomic E-state index is 12.0. The first kappa shape index (κ1) is 12.3. The third-order valence-corrected chi connectivity index (χ3v) is 3.73. The molecule has 0 radical (unpaired) electrons. The zero-order valence-corrected chi connectivity index (χ0v) is 10.7. The number of para-hydroxylation sites is 2. The summed E-state index contributed by atoms with van der Waals surface area (Å²) >= 11 is 0. The van der Waals surface area contributed by atoms with E-state index in [1.807, 2.05) is 24.3 Å². The highest BCUT2D eigenvalue weighted by Gasteiger charge is 2.24. The van der Waals surface area contributed by atoms with Crippen LogP contribution in [0.15, 0.2) is 29.1 Å². The molecule has 1 fully saturated rings. The van der Waals surface area contributed by atoms with Gasteiger partial charge in [-0.3, -0.25) is 9.69 Å². The Morgan fingerprint density at radius 3 is 3.11 bits per heavy atom. The van der Waals surface area contributed by atoms with Gasteiger partial charge < -0.3 is 10.1 Å². The van der Waals surface area contributed by atoms with Crippen LogP contribution in [-0.2, 0) is 6.54 Å². The van der Waals surface area contributed by atoms with Crippen LogP contribution in [0, 0.1) is 0 Å². The van der Waals surface area contributed by atoms with Gasteiger partial charge >= 0.3 is 0 Å². The van der Waals surface area contributed by atoms with Crippen molar-refractivity contribution in [2.75, 3.05) is 13.2 Å². The van der Waals surface area contributed by atoms with Gasteiger partial charge in [0, 0.05) is 12.6 Å². The zero-order valence-electron chi connectivity index (χ0n) is 10.7. The van der Waals surface area contributed by atoms with E-state index in [9.17, 15) is 9.90 Å². The summed E-state index contributed by atoms with van der Waals surface area (Å²) in [7, 11) is 0. The van der Waals surface area contributed by atoms with E-state index in [2.05, 4.69) is 14.9 Å². The first-order valence-electron chi connectivity index (χ1n) is 6.61. The number of aromatic nitrogens is 2. The molecule has 5 heteroatoms. The smallest absolute Gasteiger partial charge is 0.271 e. The second kappa shape index (κ2) is 5.11. The van der Waals surface area contributed by atoms with E-state index in [1.165, 1.54) is 0 Å². The van der Waals surface area contributed by atoms with Crippen LogP contribution in [0.2, 0.25) is 0 Å². The molecule has 3 rings (SSSR count). The van der Waals surface area contributed by atoms with Gasteiger partial charge in [0.1, 0.15) is 5.69 Å². The minimum Gasteiger partial charge on any atom is -0.395 e. The Morgan fingerprint density at radius 1 is 1.42 bits per heavy atom. The Labute approximate surface area is 110 Å². The lowest BCUT2D eigenvalue weighted by atomic mass is 10.2. The summed E-state index contributed by atoms with van der Waals surface area (Å²) in [5, 5.41) is 9.31. The van der Waals surface area contributed by atoms with E-state index in [-0.39, 0.29) is 18.2 Å². The highest BCUT2D eigenvalue weighted by atomic mass is 16.3. The molecular formula is C14H17N3O2. The molecule has 0 spiro atoms. The number of nitrogens with one attached hydrogen (secondary N) is 1. The fourth-order valence-electron chi connectivity index (χ4n) is 2.68. The third-order valence-electron chi connectivity index (χ3n) is 3.73. The van der Waals surface area contributed by atoms with E-state index in [0.29, 0.717) is 12.2 Å². The van der Waals surface area contributed by atoms with Crippen molar-refractivity contribution in [3.63, 3.8) is 0 Å². The molecule has 1 atom stereocenters. The fraction of sp³-hybridized carbons (Fsp3) is 0.429. The number of aliphatic hydroxyl groups is 1. The van der Waals surface area contributed by atoms with Crippen molar-refractivity contribution in [1.29, 1.82) is 0 Å². The fourth-order valence-corrected chi connectivity index (χ4v) is 2.68. The highest BCUT2D eigenvalue weighted by Crippen LogP contribution is 2.18. The van der Waals surface area contributed by atoms with Crippen molar-refractivity contribution >= 4 is 11.0 Å². The standard InChI is InChI=1S/C14H17N3O2/c18-9-10-4-3-7-17(10)8-13-14(19)16-12-6-2-1-5-11(12)15-13/h1-2,5-6,10,18H,3-4,7-9H2,(H,16,19). The molecule has 1 unspecified atom stereocenters. The molecule has 2 heterocycles. The van der Waals surface area contributed by atoms with E-state index in [0.717, 1.165) is 30.4 Å². The average molecular weight is 259 g/mol. The largest absolute Gasteiger partial charge is 0.395 e. The van der Waals surface area contributed by atoms with Crippen LogP contribution in [-0.4, -0.2) is 39.2 Å². The van der Waals surface area contributed by atoms with Crippen LogP contribution < -0.4 is 5.56 Å². The number of benzene rings is 1. The monoisotopic (exact) mass is 259 g/mol.